The summed E-state index contributed by atoms with van der Waals surface area (Å²) in [7, 11) is 2.15. The summed E-state index contributed by atoms with van der Waals surface area (Å²) in [6.45, 7) is 8.67. The van der Waals surface area contributed by atoms with Gasteiger partial charge in [0.1, 0.15) is 0 Å². The molecule has 0 saturated heterocycles. The fourth-order valence-electron chi connectivity index (χ4n) is 4.06. The number of anilines is 1. The molecule has 0 fully saturated rings. The fraction of sp³-hybridized carbons (Fsp3) is 0.348. The molecule has 1 amide bonds. The van der Waals surface area contributed by atoms with Crippen LogP contribution in [0.1, 0.15) is 43.0 Å². The Morgan fingerprint density at radius 1 is 1.26 bits per heavy atom. The molecule has 2 aromatic carbocycles. The van der Waals surface area contributed by atoms with Crippen molar-refractivity contribution < 1.29 is 4.79 Å². The Morgan fingerprint density at radius 3 is 2.70 bits per heavy atom. The van der Waals surface area contributed by atoms with Gasteiger partial charge in [-0.1, -0.05) is 56.6 Å². The van der Waals surface area contributed by atoms with Crippen LogP contribution in [0.3, 0.4) is 0 Å². The molecule has 1 aliphatic rings. The minimum Gasteiger partial charge on any atom is -0.322 e. The van der Waals surface area contributed by atoms with Crippen LogP contribution in [0, 0.1) is 0 Å². The molecule has 3 nitrogen and oxygen atoms in total. The van der Waals surface area contributed by atoms with Crippen molar-refractivity contribution in [1.82, 2.24) is 4.90 Å². The Kier molecular flexibility index (Phi) is 5.73. The minimum atomic E-state index is -0.145. The molecule has 27 heavy (non-hydrogen) atoms. The van der Waals surface area contributed by atoms with E-state index in [9.17, 15) is 4.79 Å². The lowest BCUT2D eigenvalue weighted by molar-refractivity contribution is -0.111. The van der Waals surface area contributed by atoms with Crippen LogP contribution in [0.15, 0.2) is 42.5 Å². The van der Waals surface area contributed by atoms with E-state index in [2.05, 4.69) is 44.1 Å². The molecular weight excluding hydrogens is 356 g/mol. The lowest BCUT2D eigenvalue weighted by atomic mass is 9.76. The first-order valence-electron chi connectivity index (χ1n) is 9.39. The summed E-state index contributed by atoms with van der Waals surface area (Å²) in [6, 6.07) is 11.7. The number of carbonyl (C=O) groups is 1. The Hall–Kier alpha value is -2.10. The first kappa shape index (κ1) is 19.7. The third-order valence-electron chi connectivity index (χ3n) is 5.18. The molecule has 0 unspecified atom stereocenters. The third-order valence-corrected chi connectivity index (χ3v) is 5.53. The average molecular weight is 383 g/mol. The van der Waals surface area contributed by atoms with Crippen LogP contribution in [0.5, 0.6) is 0 Å². The predicted octanol–water partition coefficient (Wildman–Crippen LogP) is 5.28. The number of amides is 1. The fourth-order valence-corrected chi connectivity index (χ4v) is 4.26. The van der Waals surface area contributed by atoms with Gasteiger partial charge in [-0.25, -0.2) is 0 Å². The zero-order chi connectivity index (χ0) is 19.6. The van der Waals surface area contributed by atoms with Gasteiger partial charge in [0.25, 0.3) is 0 Å². The molecule has 142 valence electrons. The zero-order valence-electron chi connectivity index (χ0n) is 16.5. The molecule has 0 aliphatic carbocycles. The number of nitrogens with zero attached hydrogens (tertiary/aromatic N) is 1. The van der Waals surface area contributed by atoms with Crippen LogP contribution in [-0.2, 0) is 23.2 Å². The van der Waals surface area contributed by atoms with Gasteiger partial charge in [0.15, 0.2) is 0 Å². The lowest BCUT2D eigenvalue weighted by Crippen LogP contribution is -2.40. The van der Waals surface area contributed by atoms with Gasteiger partial charge in [-0.15, -0.1) is 0 Å². The molecule has 1 N–H and O–H groups in total. The highest BCUT2D eigenvalue weighted by Gasteiger charge is 2.32. The van der Waals surface area contributed by atoms with Crippen molar-refractivity contribution in [1.29, 1.82) is 0 Å². The number of hydrogen-bond donors (Lipinski definition) is 1. The van der Waals surface area contributed by atoms with E-state index in [-0.39, 0.29) is 11.3 Å². The van der Waals surface area contributed by atoms with Crippen LogP contribution in [-0.4, -0.2) is 24.4 Å². The highest BCUT2D eigenvalue weighted by molar-refractivity contribution is 6.32. The van der Waals surface area contributed by atoms with Crippen LogP contribution in [0.4, 0.5) is 5.69 Å². The molecule has 0 atom stereocenters. The molecule has 3 rings (SSSR count). The van der Waals surface area contributed by atoms with Crippen molar-refractivity contribution in [3.05, 3.63) is 69.8 Å². The maximum Gasteiger partial charge on any atom is 0.248 e. The number of carbonyl (C=O) groups excluding carboxylic acids is 1. The molecule has 0 aromatic heterocycles. The van der Waals surface area contributed by atoms with E-state index in [4.69, 9.17) is 11.6 Å². The van der Waals surface area contributed by atoms with Crippen LogP contribution < -0.4 is 5.32 Å². The first-order valence-corrected chi connectivity index (χ1v) is 9.77. The van der Waals surface area contributed by atoms with Crippen molar-refractivity contribution in [2.24, 2.45) is 0 Å². The summed E-state index contributed by atoms with van der Waals surface area (Å²) >= 11 is 6.15. The maximum absolute atomic E-state index is 12.5. The zero-order valence-corrected chi connectivity index (χ0v) is 17.2. The lowest BCUT2D eigenvalue weighted by Gasteiger charge is -2.39. The summed E-state index contributed by atoms with van der Waals surface area (Å²) in [5, 5.41) is 3.69. The molecule has 2 aromatic rings. The van der Waals surface area contributed by atoms with Crippen molar-refractivity contribution in [3.8, 4) is 0 Å². The largest absolute Gasteiger partial charge is 0.322 e. The van der Waals surface area contributed by atoms with Crippen LogP contribution in [0.25, 0.3) is 6.08 Å². The van der Waals surface area contributed by atoms with E-state index in [1.165, 1.54) is 22.8 Å². The van der Waals surface area contributed by atoms with E-state index >= 15 is 0 Å². The molecule has 1 aliphatic heterocycles. The van der Waals surface area contributed by atoms with Crippen molar-refractivity contribution in [3.63, 3.8) is 0 Å². The van der Waals surface area contributed by atoms with E-state index in [1.54, 1.807) is 6.08 Å². The Labute approximate surface area is 167 Å². The van der Waals surface area contributed by atoms with Crippen molar-refractivity contribution in [2.45, 2.75) is 39.2 Å². The molecule has 0 spiro atoms. The SMILES string of the molecule is CCc1c(NC(=O)C=Cc2ccccc2Cl)ccc2c1CN(C)CC2(C)C. The monoisotopic (exact) mass is 382 g/mol. The summed E-state index contributed by atoms with van der Waals surface area (Å²) < 4.78 is 0. The number of likely N-dealkylation sites (N-methyl/N-ethyl adjacent to an activating group) is 1. The second kappa shape index (κ2) is 7.87. The molecule has 0 radical (unpaired) electrons. The number of nitrogens with one attached hydrogen (secondary N) is 1. The quantitative estimate of drug-likeness (QED) is 0.730. The minimum absolute atomic E-state index is 0.110. The first-order chi connectivity index (χ1) is 12.8. The molecular formula is C23H27ClN2O. The molecule has 4 heteroatoms. The third kappa shape index (κ3) is 4.26. The summed E-state index contributed by atoms with van der Waals surface area (Å²) in [5.74, 6) is -0.145. The number of halogens is 1. The topological polar surface area (TPSA) is 32.3 Å². The molecule has 0 bridgehead atoms. The smallest absolute Gasteiger partial charge is 0.248 e. The van der Waals surface area contributed by atoms with E-state index in [0.717, 1.165) is 30.8 Å². The summed E-state index contributed by atoms with van der Waals surface area (Å²) in [4.78, 5) is 14.8. The number of fused-ring (bicyclic) bond motifs is 1. The Morgan fingerprint density at radius 2 is 2.00 bits per heavy atom. The molecule has 1 heterocycles. The predicted molar refractivity (Wildman–Crippen MR) is 114 cm³/mol. The van der Waals surface area contributed by atoms with Crippen LogP contribution in [0.2, 0.25) is 5.02 Å². The Bertz CT molecular complexity index is 886. The maximum atomic E-state index is 12.5. The summed E-state index contributed by atoms with van der Waals surface area (Å²) in [6.07, 6.45) is 4.17. The van der Waals surface area contributed by atoms with Gasteiger partial charge in [-0.3, -0.25) is 4.79 Å². The summed E-state index contributed by atoms with van der Waals surface area (Å²) in [5.41, 5.74) is 5.81. The normalized spacial score (nSPS) is 16.3. The van der Waals surface area contributed by atoms with Gasteiger partial charge in [-0.05, 0) is 53.9 Å². The standard InChI is InChI=1S/C23H27ClN2O/c1-5-17-18-14-26(4)15-23(2,3)19(18)11-12-21(17)25-22(27)13-10-16-8-6-7-9-20(16)24/h6-13H,5,14-15H2,1-4H3,(H,25,27). The number of hydrogen-bond acceptors (Lipinski definition) is 2. The highest BCUT2D eigenvalue weighted by atomic mass is 35.5. The van der Waals surface area contributed by atoms with Gasteiger partial charge in [-0.2, -0.15) is 0 Å². The molecule has 0 saturated carbocycles. The van der Waals surface area contributed by atoms with Gasteiger partial charge in [0.2, 0.25) is 5.91 Å². The highest BCUT2D eigenvalue weighted by Crippen LogP contribution is 2.37. The van der Waals surface area contributed by atoms with Gasteiger partial charge in [0.05, 0.1) is 0 Å². The second-order valence-corrected chi connectivity index (χ2v) is 8.28. The average Bonchev–Trinajstić information content (AvgIpc) is 2.60. The second-order valence-electron chi connectivity index (χ2n) is 7.87. The van der Waals surface area contributed by atoms with E-state index in [0.29, 0.717) is 5.02 Å². The number of benzene rings is 2. The van der Waals surface area contributed by atoms with Crippen LogP contribution >= 0.6 is 11.6 Å². The van der Waals surface area contributed by atoms with E-state index in [1.807, 2.05) is 30.3 Å². The van der Waals surface area contributed by atoms with Gasteiger partial charge < -0.3 is 10.2 Å². The van der Waals surface area contributed by atoms with Gasteiger partial charge >= 0.3 is 0 Å². The van der Waals surface area contributed by atoms with Crippen molar-refractivity contribution >= 4 is 29.3 Å². The Balaban J connectivity index is 1.86. The van der Waals surface area contributed by atoms with E-state index < -0.39 is 0 Å². The van der Waals surface area contributed by atoms with Crippen molar-refractivity contribution in [2.75, 3.05) is 18.9 Å². The number of rotatable bonds is 4. The van der Waals surface area contributed by atoms with Gasteiger partial charge in [0, 0.05) is 35.3 Å².